The standard InChI is InChI=1S/C28H35N3O6/c1-7-14-31-18(4)24(27(33)37-16-17(2)3)25(30-28(31)34)19-8-10-20(11-9-19)29-26(32)22-13-12-21(35-5)15-23(22)36-6/h8-13,15,17,25H,7,14,16H2,1-6H3,(H,29,32)(H,30,34). The molecule has 3 amide bonds. The molecule has 0 aliphatic carbocycles. The Balaban J connectivity index is 1.86. The topological polar surface area (TPSA) is 106 Å². The van der Waals surface area contributed by atoms with Gasteiger partial charge >= 0.3 is 12.0 Å². The number of nitrogens with one attached hydrogen (secondary N) is 2. The summed E-state index contributed by atoms with van der Waals surface area (Å²) in [6.45, 7) is 8.44. The Kier molecular flexibility index (Phi) is 9.16. The minimum atomic E-state index is -0.674. The lowest BCUT2D eigenvalue weighted by Gasteiger charge is -2.35. The number of carbonyl (C=O) groups is 3. The molecule has 2 aromatic carbocycles. The smallest absolute Gasteiger partial charge is 0.338 e. The summed E-state index contributed by atoms with van der Waals surface area (Å²) in [5.41, 5.74) is 2.57. The monoisotopic (exact) mass is 509 g/mol. The fourth-order valence-corrected chi connectivity index (χ4v) is 4.05. The lowest BCUT2D eigenvalue weighted by molar-refractivity contribution is -0.140. The molecular weight excluding hydrogens is 474 g/mol. The molecule has 3 rings (SSSR count). The molecule has 0 saturated carbocycles. The molecule has 0 aromatic heterocycles. The van der Waals surface area contributed by atoms with Gasteiger partial charge in [-0.05, 0) is 49.1 Å². The van der Waals surface area contributed by atoms with E-state index in [1.807, 2.05) is 20.8 Å². The second-order valence-corrected chi connectivity index (χ2v) is 9.17. The maximum atomic E-state index is 13.1. The van der Waals surface area contributed by atoms with Crippen LogP contribution in [0.3, 0.4) is 0 Å². The van der Waals surface area contributed by atoms with Crippen LogP contribution in [-0.2, 0) is 9.53 Å². The van der Waals surface area contributed by atoms with Crippen molar-refractivity contribution in [3.05, 3.63) is 64.9 Å². The summed E-state index contributed by atoms with van der Waals surface area (Å²) in [7, 11) is 3.03. The molecule has 2 aromatic rings. The van der Waals surface area contributed by atoms with E-state index in [0.717, 1.165) is 6.42 Å². The first kappa shape index (κ1) is 27.6. The Morgan fingerprint density at radius 1 is 1.08 bits per heavy atom. The lowest BCUT2D eigenvalue weighted by Crippen LogP contribution is -2.48. The summed E-state index contributed by atoms with van der Waals surface area (Å²) >= 11 is 0. The van der Waals surface area contributed by atoms with Gasteiger partial charge in [0.25, 0.3) is 5.91 Å². The first-order chi connectivity index (χ1) is 17.7. The van der Waals surface area contributed by atoms with Gasteiger partial charge in [0, 0.05) is 24.0 Å². The Morgan fingerprint density at radius 2 is 1.78 bits per heavy atom. The number of amides is 3. The van der Waals surface area contributed by atoms with Crippen molar-refractivity contribution < 1.29 is 28.6 Å². The summed E-state index contributed by atoms with van der Waals surface area (Å²) < 4.78 is 16.1. The van der Waals surface area contributed by atoms with Crippen LogP contribution in [0.15, 0.2) is 53.7 Å². The number of anilines is 1. The van der Waals surface area contributed by atoms with Gasteiger partial charge in [0.15, 0.2) is 0 Å². The summed E-state index contributed by atoms with van der Waals surface area (Å²) in [6, 6.07) is 11.0. The number of benzene rings is 2. The van der Waals surface area contributed by atoms with E-state index in [1.165, 1.54) is 14.2 Å². The SMILES string of the molecule is CCCN1C(=O)NC(c2ccc(NC(=O)c3ccc(OC)cc3OC)cc2)C(C(=O)OCC(C)C)=C1C. The van der Waals surface area contributed by atoms with Crippen LogP contribution < -0.4 is 20.1 Å². The van der Waals surface area contributed by atoms with Crippen LogP contribution in [0.1, 0.15) is 56.1 Å². The highest BCUT2D eigenvalue weighted by Gasteiger charge is 2.36. The van der Waals surface area contributed by atoms with Gasteiger partial charge in [-0.2, -0.15) is 0 Å². The highest BCUT2D eigenvalue weighted by atomic mass is 16.5. The molecule has 1 atom stereocenters. The third-order valence-corrected chi connectivity index (χ3v) is 5.97. The van der Waals surface area contributed by atoms with Gasteiger partial charge in [-0.25, -0.2) is 9.59 Å². The van der Waals surface area contributed by atoms with E-state index in [2.05, 4.69) is 10.6 Å². The van der Waals surface area contributed by atoms with Crippen molar-refractivity contribution >= 4 is 23.6 Å². The molecule has 1 aliphatic rings. The molecule has 0 radical (unpaired) electrons. The first-order valence-electron chi connectivity index (χ1n) is 12.3. The highest BCUT2D eigenvalue weighted by Crippen LogP contribution is 2.32. The first-order valence-corrected chi connectivity index (χ1v) is 12.3. The van der Waals surface area contributed by atoms with Crippen LogP contribution in [0, 0.1) is 5.92 Å². The Labute approximate surface area is 217 Å². The van der Waals surface area contributed by atoms with Gasteiger partial charge in [0.05, 0.1) is 38.0 Å². The van der Waals surface area contributed by atoms with Crippen LogP contribution >= 0.6 is 0 Å². The number of rotatable bonds is 10. The molecule has 1 heterocycles. The normalized spacial score (nSPS) is 15.4. The molecule has 1 unspecified atom stereocenters. The van der Waals surface area contributed by atoms with Crippen molar-refractivity contribution in [1.82, 2.24) is 10.2 Å². The minimum absolute atomic E-state index is 0.181. The third kappa shape index (κ3) is 6.41. The number of carbonyl (C=O) groups excluding carboxylic acids is 3. The number of urea groups is 1. The van der Waals surface area contributed by atoms with E-state index < -0.39 is 12.0 Å². The van der Waals surface area contributed by atoms with E-state index in [0.29, 0.717) is 46.1 Å². The van der Waals surface area contributed by atoms with E-state index in [-0.39, 0.29) is 24.5 Å². The number of esters is 1. The Hall–Kier alpha value is -4.01. The van der Waals surface area contributed by atoms with Crippen LogP contribution in [0.2, 0.25) is 0 Å². The number of allylic oxidation sites excluding steroid dienone is 1. The van der Waals surface area contributed by atoms with Gasteiger partial charge in [-0.1, -0.05) is 32.9 Å². The molecule has 1 aliphatic heterocycles. The van der Waals surface area contributed by atoms with E-state index in [9.17, 15) is 14.4 Å². The van der Waals surface area contributed by atoms with Gasteiger partial charge in [-0.15, -0.1) is 0 Å². The average molecular weight is 510 g/mol. The number of hydrogen-bond donors (Lipinski definition) is 2. The van der Waals surface area contributed by atoms with Crippen molar-refractivity contribution in [2.24, 2.45) is 5.92 Å². The van der Waals surface area contributed by atoms with E-state index in [1.54, 1.807) is 54.3 Å². The summed E-state index contributed by atoms with van der Waals surface area (Å²) in [4.78, 5) is 40.4. The fourth-order valence-electron chi connectivity index (χ4n) is 4.05. The zero-order chi connectivity index (χ0) is 27.1. The average Bonchev–Trinajstić information content (AvgIpc) is 2.89. The lowest BCUT2D eigenvalue weighted by atomic mass is 9.94. The molecule has 2 N–H and O–H groups in total. The minimum Gasteiger partial charge on any atom is -0.497 e. The summed E-state index contributed by atoms with van der Waals surface area (Å²) in [6.07, 6.45) is 0.747. The van der Waals surface area contributed by atoms with Gasteiger partial charge < -0.3 is 24.8 Å². The zero-order valence-electron chi connectivity index (χ0n) is 22.2. The number of methoxy groups -OCH3 is 2. The molecule has 9 heteroatoms. The molecule has 0 fully saturated rings. The molecule has 37 heavy (non-hydrogen) atoms. The summed E-state index contributed by atoms with van der Waals surface area (Å²) in [5.74, 6) is 0.347. The molecule has 0 saturated heterocycles. The quantitative estimate of drug-likeness (QED) is 0.441. The summed E-state index contributed by atoms with van der Waals surface area (Å²) in [5, 5.41) is 5.79. The fraction of sp³-hybridized carbons (Fsp3) is 0.393. The number of ether oxygens (including phenoxy) is 3. The predicted octanol–water partition coefficient (Wildman–Crippen LogP) is 4.91. The number of hydrogen-bond acceptors (Lipinski definition) is 6. The predicted molar refractivity (Wildman–Crippen MR) is 141 cm³/mol. The van der Waals surface area contributed by atoms with Crippen LogP contribution in [0.5, 0.6) is 11.5 Å². The molecule has 9 nitrogen and oxygen atoms in total. The zero-order valence-corrected chi connectivity index (χ0v) is 22.2. The van der Waals surface area contributed by atoms with Crippen molar-refractivity contribution in [3.8, 4) is 11.5 Å². The molecular formula is C28H35N3O6. The third-order valence-electron chi connectivity index (χ3n) is 5.97. The second-order valence-electron chi connectivity index (χ2n) is 9.17. The Morgan fingerprint density at radius 3 is 2.38 bits per heavy atom. The van der Waals surface area contributed by atoms with Crippen LogP contribution in [0.4, 0.5) is 10.5 Å². The van der Waals surface area contributed by atoms with Crippen molar-refractivity contribution in [1.29, 1.82) is 0 Å². The van der Waals surface area contributed by atoms with E-state index in [4.69, 9.17) is 14.2 Å². The molecule has 198 valence electrons. The van der Waals surface area contributed by atoms with Crippen molar-refractivity contribution in [2.75, 3.05) is 32.7 Å². The molecule has 0 bridgehead atoms. The van der Waals surface area contributed by atoms with Crippen molar-refractivity contribution in [2.45, 2.75) is 40.2 Å². The largest absolute Gasteiger partial charge is 0.497 e. The highest BCUT2D eigenvalue weighted by molar-refractivity contribution is 6.06. The Bertz CT molecular complexity index is 1170. The van der Waals surface area contributed by atoms with Crippen LogP contribution in [0.25, 0.3) is 0 Å². The maximum absolute atomic E-state index is 13.1. The maximum Gasteiger partial charge on any atom is 0.338 e. The van der Waals surface area contributed by atoms with Gasteiger partial charge in [0.1, 0.15) is 11.5 Å². The second kappa shape index (κ2) is 12.3. The van der Waals surface area contributed by atoms with E-state index >= 15 is 0 Å². The van der Waals surface area contributed by atoms with Crippen molar-refractivity contribution in [3.63, 3.8) is 0 Å². The van der Waals surface area contributed by atoms with Gasteiger partial charge in [-0.3, -0.25) is 9.69 Å². The number of nitrogens with zero attached hydrogens (tertiary/aromatic N) is 1. The van der Waals surface area contributed by atoms with Gasteiger partial charge in [0.2, 0.25) is 0 Å². The molecule has 0 spiro atoms. The van der Waals surface area contributed by atoms with Crippen LogP contribution in [-0.4, -0.2) is 50.2 Å².